The van der Waals surface area contributed by atoms with Crippen LogP contribution in [0.15, 0.2) is 24.5 Å². The summed E-state index contributed by atoms with van der Waals surface area (Å²) < 4.78 is 0.912. The van der Waals surface area contributed by atoms with Crippen LogP contribution in [0.2, 0.25) is 0 Å². The van der Waals surface area contributed by atoms with Gasteiger partial charge in [0.15, 0.2) is 0 Å². The second-order valence-corrected chi connectivity index (χ2v) is 1.52. The molecule has 0 aliphatic carbocycles. The van der Waals surface area contributed by atoms with Crippen LogP contribution in [-0.4, -0.2) is 5.21 Å². The Balaban J connectivity index is 3.08. The van der Waals surface area contributed by atoms with Gasteiger partial charge in [-0.05, 0) is 6.07 Å². The lowest BCUT2D eigenvalue weighted by Crippen LogP contribution is -2.28. The Hall–Kier alpha value is -1.25. The maximum Gasteiger partial charge on any atom is 0.245 e. The molecular weight excluding hydrogens is 104 g/mol. The zero-order chi connectivity index (χ0) is 5.98. The van der Waals surface area contributed by atoms with Crippen molar-refractivity contribution in [3.63, 3.8) is 0 Å². The first-order valence-electron chi connectivity index (χ1n) is 2.25. The van der Waals surface area contributed by atoms with Crippen molar-refractivity contribution in [1.29, 1.82) is 0 Å². The Morgan fingerprint density at radius 3 is 2.75 bits per heavy atom. The fraction of sp³-hybridized carbons (Fsp3) is 0. The summed E-state index contributed by atoms with van der Waals surface area (Å²) in [6.07, 6.45) is 2.91. The maximum atomic E-state index is 8.65. The molecule has 0 bridgehead atoms. The van der Waals surface area contributed by atoms with Gasteiger partial charge in [0.2, 0.25) is 12.4 Å². The lowest BCUT2D eigenvalue weighted by atomic mass is 10.4. The van der Waals surface area contributed by atoms with Crippen molar-refractivity contribution in [3.8, 4) is 0 Å². The van der Waals surface area contributed by atoms with Crippen LogP contribution in [-0.2, 0) is 0 Å². The summed E-state index contributed by atoms with van der Waals surface area (Å²) in [5.74, 6) is 0. The molecule has 1 aromatic heterocycles. The maximum absolute atomic E-state index is 8.65. The van der Waals surface area contributed by atoms with Crippen molar-refractivity contribution in [2.45, 2.75) is 0 Å². The third-order valence-electron chi connectivity index (χ3n) is 0.809. The summed E-state index contributed by atoms with van der Waals surface area (Å²) in [6, 6.07) is 3.36. The van der Waals surface area contributed by atoms with Crippen molar-refractivity contribution in [1.82, 2.24) is 0 Å². The van der Waals surface area contributed by atoms with Crippen molar-refractivity contribution in [2.75, 3.05) is 5.73 Å². The topological polar surface area (TPSA) is 50.1 Å². The predicted octanol–water partition coefficient (Wildman–Crippen LogP) is -0.206. The first-order valence-corrected chi connectivity index (χ1v) is 2.25. The molecule has 3 N–H and O–H groups in total. The summed E-state index contributed by atoms with van der Waals surface area (Å²) in [7, 11) is 0. The highest BCUT2D eigenvalue weighted by Crippen LogP contribution is 1.90. The van der Waals surface area contributed by atoms with Crippen LogP contribution < -0.4 is 10.5 Å². The highest BCUT2D eigenvalue weighted by Gasteiger charge is 1.91. The van der Waals surface area contributed by atoms with Gasteiger partial charge >= 0.3 is 0 Å². The largest absolute Gasteiger partial charge is 0.394 e. The quantitative estimate of drug-likeness (QED) is 0.359. The van der Waals surface area contributed by atoms with Gasteiger partial charge in [-0.1, -0.05) is 0 Å². The number of rotatable bonds is 0. The molecule has 0 aromatic carbocycles. The van der Waals surface area contributed by atoms with E-state index in [1.807, 2.05) is 0 Å². The van der Waals surface area contributed by atoms with Crippen LogP contribution in [0.25, 0.3) is 0 Å². The van der Waals surface area contributed by atoms with Crippen molar-refractivity contribution < 1.29 is 9.94 Å². The van der Waals surface area contributed by atoms with Crippen LogP contribution in [0.1, 0.15) is 0 Å². The molecule has 0 aliphatic heterocycles. The van der Waals surface area contributed by atoms with Gasteiger partial charge in [0.25, 0.3) is 0 Å². The van der Waals surface area contributed by atoms with E-state index in [9.17, 15) is 0 Å². The summed E-state index contributed by atoms with van der Waals surface area (Å²) in [5, 5.41) is 8.65. The molecule has 0 aliphatic rings. The summed E-state index contributed by atoms with van der Waals surface area (Å²) >= 11 is 0. The number of nitrogens with zero attached hydrogens (tertiary/aromatic N) is 1. The zero-order valence-electron chi connectivity index (χ0n) is 4.28. The summed E-state index contributed by atoms with van der Waals surface area (Å²) in [6.45, 7) is 0. The molecule has 3 heteroatoms. The van der Waals surface area contributed by atoms with Crippen LogP contribution in [0, 0.1) is 0 Å². The second-order valence-electron chi connectivity index (χ2n) is 1.52. The van der Waals surface area contributed by atoms with E-state index in [0.717, 1.165) is 4.73 Å². The second kappa shape index (κ2) is 1.69. The highest BCUT2D eigenvalue weighted by molar-refractivity contribution is 5.30. The number of hydrogen-bond donors (Lipinski definition) is 2. The first kappa shape index (κ1) is 4.90. The minimum absolute atomic E-state index is 0.551. The number of nitrogen functional groups attached to an aromatic ring is 1. The Bertz CT molecular complexity index is 170. The predicted molar refractivity (Wildman–Crippen MR) is 28.2 cm³/mol. The molecule has 0 atom stereocenters. The molecule has 0 spiro atoms. The molecule has 0 radical (unpaired) electrons. The van der Waals surface area contributed by atoms with E-state index in [2.05, 4.69) is 0 Å². The van der Waals surface area contributed by atoms with Crippen molar-refractivity contribution in [3.05, 3.63) is 24.5 Å². The average Bonchev–Trinajstić information content (AvgIpc) is 1.64. The average molecular weight is 111 g/mol. The van der Waals surface area contributed by atoms with Gasteiger partial charge in [-0.25, -0.2) is 0 Å². The Kier molecular flexibility index (Phi) is 1.04. The molecule has 0 fully saturated rings. The minimum atomic E-state index is 0.551. The van der Waals surface area contributed by atoms with Crippen LogP contribution >= 0.6 is 0 Å². The van der Waals surface area contributed by atoms with Gasteiger partial charge in [0, 0.05) is 10.8 Å². The van der Waals surface area contributed by atoms with E-state index in [-0.39, 0.29) is 0 Å². The van der Waals surface area contributed by atoms with E-state index in [1.54, 1.807) is 12.1 Å². The molecular formula is C5H7N2O+. The SMILES string of the molecule is Nc1ccc[n+](O)c1. The monoisotopic (exact) mass is 111 g/mol. The Morgan fingerprint density at radius 1 is 1.62 bits per heavy atom. The Morgan fingerprint density at radius 2 is 2.38 bits per heavy atom. The first-order chi connectivity index (χ1) is 3.79. The van der Waals surface area contributed by atoms with Gasteiger partial charge in [0.1, 0.15) is 5.69 Å². The van der Waals surface area contributed by atoms with Crippen molar-refractivity contribution >= 4 is 5.69 Å². The van der Waals surface area contributed by atoms with Crippen LogP contribution in [0.5, 0.6) is 0 Å². The summed E-state index contributed by atoms with van der Waals surface area (Å²) in [5.41, 5.74) is 5.83. The molecule has 1 aromatic rings. The molecule has 0 amide bonds. The highest BCUT2D eigenvalue weighted by atomic mass is 16.5. The van der Waals surface area contributed by atoms with Gasteiger partial charge < -0.3 is 5.73 Å². The fourth-order valence-electron chi connectivity index (χ4n) is 0.481. The molecule has 1 rings (SSSR count). The van der Waals surface area contributed by atoms with Gasteiger partial charge in [-0.2, -0.15) is 0 Å². The van der Waals surface area contributed by atoms with Crippen LogP contribution in [0.3, 0.4) is 0 Å². The van der Waals surface area contributed by atoms with E-state index < -0.39 is 0 Å². The zero-order valence-corrected chi connectivity index (χ0v) is 4.28. The van der Waals surface area contributed by atoms with E-state index >= 15 is 0 Å². The molecule has 8 heavy (non-hydrogen) atoms. The smallest absolute Gasteiger partial charge is 0.245 e. The number of pyridine rings is 1. The molecule has 0 saturated heterocycles. The van der Waals surface area contributed by atoms with E-state index in [4.69, 9.17) is 10.9 Å². The van der Waals surface area contributed by atoms with Crippen LogP contribution in [0.4, 0.5) is 5.69 Å². The van der Waals surface area contributed by atoms with Gasteiger partial charge in [0.05, 0.1) is 0 Å². The molecule has 1 heterocycles. The number of anilines is 1. The fourth-order valence-corrected chi connectivity index (χ4v) is 0.481. The molecule has 42 valence electrons. The Labute approximate surface area is 46.9 Å². The number of hydrogen-bond acceptors (Lipinski definition) is 2. The lowest BCUT2D eigenvalue weighted by molar-refractivity contribution is -0.904. The van der Waals surface area contributed by atoms with Crippen molar-refractivity contribution in [2.24, 2.45) is 0 Å². The van der Waals surface area contributed by atoms with E-state index in [0.29, 0.717) is 5.69 Å². The molecule has 0 saturated carbocycles. The third-order valence-corrected chi connectivity index (χ3v) is 0.809. The van der Waals surface area contributed by atoms with Gasteiger partial charge in [-0.3, -0.25) is 5.21 Å². The van der Waals surface area contributed by atoms with E-state index in [1.165, 1.54) is 12.4 Å². The lowest BCUT2D eigenvalue weighted by Gasteiger charge is -1.82. The standard InChI is InChI=1S/C5H7N2O/c6-5-2-1-3-7(8)4-5/h1-4,8H,6H2/q+1. The minimum Gasteiger partial charge on any atom is -0.394 e. The molecule has 3 nitrogen and oxygen atoms in total. The summed E-state index contributed by atoms with van der Waals surface area (Å²) in [4.78, 5) is 0. The third kappa shape index (κ3) is 0.872. The normalized spacial score (nSPS) is 9.00. The van der Waals surface area contributed by atoms with Gasteiger partial charge in [-0.15, -0.1) is 0 Å². The number of aromatic nitrogens is 1. The molecule has 0 unspecified atom stereocenters. The number of nitrogens with two attached hydrogens (primary N) is 1.